The Morgan fingerprint density at radius 3 is 2.74 bits per heavy atom. The van der Waals surface area contributed by atoms with Crippen LogP contribution in [0.25, 0.3) is 11.0 Å². The van der Waals surface area contributed by atoms with E-state index in [4.69, 9.17) is 4.74 Å². The largest absolute Gasteiger partial charge is 0.490 e. The van der Waals surface area contributed by atoms with Gasteiger partial charge in [0.2, 0.25) is 0 Å². The van der Waals surface area contributed by atoms with Crippen LogP contribution < -0.4 is 10.1 Å². The van der Waals surface area contributed by atoms with Crippen molar-refractivity contribution in [2.45, 2.75) is 0 Å². The lowest BCUT2D eigenvalue weighted by atomic mass is 10.1. The van der Waals surface area contributed by atoms with E-state index in [-0.39, 0.29) is 17.3 Å². The van der Waals surface area contributed by atoms with Gasteiger partial charge in [-0.2, -0.15) is 8.75 Å². The molecule has 0 bridgehead atoms. The molecule has 0 saturated heterocycles. The summed E-state index contributed by atoms with van der Waals surface area (Å²) in [6.45, 7) is 0. The first-order chi connectivity index (χ1) is 11.1. The number of nitrogens with one attached hydrogen (secondary N) is 1. The molecule has 1 aromatic heterocycles. The number of nitro benzene ring substituents is 1. The maximum atomic E-state index is 12.3. The van der Waals surface area contributed by atoms with Crippen LogP contribution in [0.15, 0.2) is 36.4 Å². The molecule has 0 radical (unpaired) electrons. The Morgan fingerprint density at radius 1 is 1.22 bits per heavy atom. The van der Waals surface area contributed by atoms with Crippen molar-refractivity contribution < 1.29 is 14.5 Å². The maximum Gasteiger partial charge on any atom is 0.312 e. The molecular formula is C14H10N4O4S. The van der Waals surface area contributed by atoms with Crippen molar-refractivity contribution in [3.63, 3.8) is 0 Å². The highest BCUT2D eigenvalue weighted by molar-refractivity contribution is 7.00. The number of hydrogen-bond donors (Lipinski definition) is 1. The standard InChI is InChI=1S/C14H10N4O4S/c1-22-13-5-3-9(7-12(13)18(20)21)15-14(19)8-2-4-10-11(6-8)17-23-16-10/h2-7H,1H3,(H,15,19). The molecule has 0 fully saturated rings. The van der Waals surface area contributed by atoms with Crippen LogP contribution in [-0.2, 0) is 0 Å². The normalized spacial score (nSPS) is 10.5. The van der Waals surface area contributed by atoms with Crippen molar-refractivity contribution in [1.82, 2.24) is 8.75 Å². The van der Waals surface area contributed by atoms with Crippen molar-refractivity contribution in [3.8, 4) is 5.75 Å². The zero-order valence-corrected chi connectivity index (χ0v) is 12.7. The van der Waals surface area contributed by atoms with Crippen LogP contribution in [0.4, 0.5) is 11.4 Å². The first-order valence-corrected chi connectivity index (χ1v) is 7.17. The summed E-state index contributed by atoms with van der Waals surface area (Å²) < 4.78 is 13.1. The number of nitrogens with zero attached hydrogens (tertiary/aromatic N) is 3. The molecular weight excluding hydrogens is 320 g/mol. The quantitative estimate of drug-likeness (QED) is 0.582. The maximum absolute atomic E-state index is 12.3. The summed E-state index contributed by atoms with van der Waals surface area (Å²) in [4.78, 5) is 22.7. The van der Waals surface area contributed by atoms with Gasteiger partial charge >= 0.3 is 5.69 Å². The number of rotatable bonds is 4. The minimum atomic E-state index is -0.568. The predicted octanol–water partition coefficient (Wildman–Crippen LogP) is 2.86. The number of hydrogen-bond acceptors (Lipinski definition) is 7. The third-order valence-corrected chi connectivity index (χ3v) is 3.71. The Labute approximate surface area is 134 Å². The van der Waals surface area contributed by atoms with Crippen LogP contribution >= 0.6 is 11.7 Å². The zero-order chi connectivity index (χ0) is 16.4. The highest BCUT2D eigenvalue weighted by Crippen LogP contribution is 2.29. The average Bonchev–Trinajstić information content (AvgIpc) is 3.02. The van der Waals surface area contributed by atoms with Gasteiger partial charge in [-0.15, -0.1) is 0 Å². The van der Waals surface area contributed by atoms with E-state index in [1.165, 1.54) is 25.3 Å². The Morgan fingerprint density at radius 2 is 2.00 bits per heavy atom. The monoisotopic (exact) mass is 330 g/mol. The van der Waals surface area contributed by atoms with E-state index in [2.05, 4.69) is 14.1 Å². The topological polar surface area (TPSA) is 107 Å². The van der Waals surface area contributed by atoms with Gasteiger partial charge in [-0.05, 0) is 30.3 Å². The van der Waals surface area contributed by atoms with E-state index >= 15 is 0 Å². The number of amides is 1. The lowest BCUT2D eigenvalue weighted by Crippen LogP contribution is -2.12. The molecule has 0 aliphatic heterocycles. The predicted molar refractivity (Wildman–Crippen MR) is 85.0 cm³/mol. The van der Waals surface area contributed by atoms with Crippen molar-refractivity contribution in [1.29, 1.82) is 0 Å². The summed E-state index contributed by atoms with van der Waals surface area (Å²) >= 11 is 1.07. The molecule has 1 amide bonds. The summed E-state index contributed by atoms with van der Waals surface area (Å²) in [6.07, 6.45) is 0. The fraction of sp³-hybridized carbons (Fsp3) is 0.0714. The van der Waals surface area contributed by atoms with Gasteiger partial charge in [0, 0.05) is 17.3 Å². The minimum Gasteiger partial charge on any atom is -0.490 e. The van der Waals surface area contributed by atoms with Crippen molar-refractivity contribution in [2.75, 3.05) is 12.4 Å². The first-order valence-electron chi connectivity index (χ1n) is 6.44. The van der Waals surface area contributed by atoms with Crippen LogP contribution in [-0.4, -0.2) is 26.7 Å². The lowest BCUT2D eigenvalue weighted by molar-refractivity contribution is -0.385. The van der Waals surface area contributed by atoms with E-state index in [1.807, 2.05) is 0 Å². The fourth-order valence-electron chi connectivity index (χ4n) is 2.04. The lowest BCUT2D eigenvalue weighted by Gasteiger charge is -2.07. The van der Waals surface area contributed by atoms with E-state index in [9.17, 15) is 14.9 Å². The average molecular weight is 330 g/mol. The number of fused-ring (bicyclic) bond motifs is 1. The summed E-state index contributed by atoms with van der Waals surface area (Å²) in [6, 6.07) is 9.15. The number of benzene rings is 2. The Kier molecular flexibility index (Phi) is 3.85. The number of methoxy groups -OCH3 is 1. The van der Waals surface area contributed by atoms with Gasteiger partial charge in [0.25, 0.3) is 5.91 Å². The van der Waals surface area contributed by atoms with Crippen LogP contribution in [0.2, 0.25) is 0 Å². The van der Waals surface area contributed by atoms with Crippen LogP contribution in [0.1, 0.15) is 10.4 Å². The fourth-order valence-corrected chi connectivity index (χ4v) is 2.55. The van der Waals surface area contributed by atoms with Crippen molar-refractivity contribution in [2.24, 2.45) is 0 Å². The smallest absolute Gasteiger partial charge is 0.312 e. The van der Waals surface area contributed by atoms with Gasteiger partial charge in [0.1, 0.15) is 11.0 Å². The van der Waals surface area contributed by atoms with Crippen LogP contribution in [0.5, 0.6) is 5.75 Å². The molecule has 0 saturated carbocycles. The second-order valence-electron chi connectivity index (χ2n) is 4.57. The second kappa shape index (κ2) is 5.97. The number of anilines is 1. The molecule has 9 heteroatoms. The Bertz CT molecular complexity index is 909. The minimum absolute atomic E-state index is 0.128. The summed E-state index contributed by atoms with van der Waals surface area (Å²) in [7, 11) is 1.34. The molecule has 2 aromatic carbocycles. The van der Waals surface area contributed by atoms with E-state index in [0.717, 1.165) is 11.7 Å². The molecule has 116 valence electrons. The third-order valence-electron chi connectivity index (χ3n) is 3.15. The SMILES string of the molecule is COc1ccc(NC(=O)c2ccc3nsnc3c2)cc1[N+](=O)[O-]. The number of ether oxygens (including phenoxy) is 1. The van der Waals surface area contributed by atoms with Crippen molar-refractivity contribution >= 4 is 40.0 Å². The van der Waals surface area contributed by atoms with Crippen LogP contribution in [0, 0.1) is 10.1 Å². The molecule has 0 unspecified atom stereocenters. The molecule has 0 atom stereocenters. The summed E-state index contributed by atoms with van der Waals surface area (Å²) in [5.74, 6) is -0.262. The van der Waals surface area contributed by atoms with E-state index < -0.39 is 4.92 Å². The first kappa shape index (κ1) is 14.9. The molecule has 0 aliphatic rings. The van der Waals surface area contributed by atoms with Gasteiger partial charge in [-0.25, -0.2) is 0 Å². The van der Waals surface area contributed by atoms with Gasteiger partial charge < -0.3 is 10.1 Å². The van der Waals surface area contributed by atoms with Gasteiger partial charge in [0.15, 0.2) is 5.75 Å². The third kappa shape index (κ3) is 2.94. The van der Waals surface area contributed by atoms with Crippen molar-refractivity contribution in [3.05, 3.63) is 52.1 Å². The van der Waals surface area contributed by atoms with Gasteiger partial charge in [-0.3, -0.25) is 14.9 Å². The Balaban J connectivity index is 1.87. The second-order valence-corrected chi connectivity index (χ2v) is 5.09. The molecule has 3 aromatic rings. The van der Waals surface area contributed by atoms with Gasteiger partial charge in [-0.1, -0.05) is 0 Å². The molecule has 0 spiro atoms. The van der Waals surface area contributed by atoms with E-state index in [1.54, 1.807) is 18.2 Å². The summed E-state index contributed by atoms with van der Waals surface area (Å²) in [5, 5.41) is 13.6. The molecule has 1 N–H and O–H groups in total. The van der Waals surface area contributed by atoms with E-state index in [0.29, 0.717) is 22.3 Å². The van der Waals surface area contributed by atoms with Crippen LogP contribution in [0.3, 0.4) is 0 Å². The molecule has 8 nitrogen and oxygen atoms in total. The number of carbonyl (C=O) groups is 1. The zero-order valence-electron chi connectivity index (χ0n) is 11.8. The number of aromatic nitrogens is 2. The summed E-state index contributed by atoms with van der Waals surface area (Å²) in [5.41, 5.74) is 1.82. The molecule has 1 heterocycles. The van der Waals surface area contributed by atoms with Gasteiger partial charge in [0.05, 0.1) is 23.8 Å². The highest BCUT2D eigenvalue weighted by atomic mass is 32.1. The molecule has 3 rings (SSSR count). The highest BCUT2D eigenvalue weighted by Gasteiger charge is 2.16. The molecule has 23 heavy (non-hydrogen) atoms. The Hall–Kier alpha value is -3.07. The number of nitro groups is 1. The number of carbonyl (C=O) groups excluding carboxylic acids is 1. The molecule has 0 aliphatic carbocycles.